The first-order chi connectivity index (χ1) is 15.9. The highest BCUT2D eigenvalue weighted by molar-refractivity contribution is 7.99. The molecule has 0 saturated carbocycles. The van der Waals surface area contributed by atoms with Crippen molar-refractivity contribution in [3.63, 3.8) is 0 Å². The van der Waals surface area contributed by atoms with Crippen molar-refractivity contribution in [1.82, 2.24) is 20.1 Å². The predicted octanol–water partition coefficient (Wildman–Crippen LogP) is 4.23. The first-order valence-electron chi connectivity index (χ1n) is 11.0. The Kier molecular flexibility index (Phi) is 6.98. The van der Waals surface area contributed by atoms with E-state index in [0.717, 1.165) is 54.3 Å². The monoisotopic (exact) mass is 464 g/mol. The van der Waals surface area contributed by atoms with Crippen LogP contribution >= 0.6 is 11.8 Å². The van der Waals surface area contributed by atoms with Crippen LogP contribution in [-0.4, -0.2) is 45.5 Å². The smallest absolute Gasteiger partial charge is 0.325 e. The zero-order valence-electron chi connectivity index (χ0n) is 19.1. The zero-order chi connectivity index (χ0) is 23.4. The molecule has 172 valence electrons. The van der Waals surface area contributed by atoms with E-state index in [1.54, 1.807) is 0 Å². The van der Waals surface area contributed by atoms with E-state index in [4.69, 9.17) is 0 Å². The van der Waals surface area contributed by atoms with Crippen LogP contribution in [0.5, 0.6) is 0 Å². The number of aromatic nitrogens is 3. The van der Waals surface area contributed by atoms with Crippen LogP contribution in [0.2, 0.25) is 0 Å². The average molecular weight is 465 g/mol. The fraction of sp³-hybridized carbons (Fsp3) is 0.333. The van der Waals surface area contributed by atoms with Crippen LogP contribution in [0.1, 0.15) is 29.5 Å². The molecule has 9 heteroatoms. The molecule has 33 heavy (non-hydrogen) atoms. The first kappa shape index (κ1) is 22.8. The van der Waals surface area contributed by atoms with Gasteiger partial charge in [-0.25, -0.2) is 4.79 Å². The highest BCUT2D eigenvalue weighted by Gasteiger charge is 2.23. The van der Waals surface area contributed by atoms with Gasteiger partial charge in [0.25, 0.3) is 0 Å². The highest BCUT2D eigenvalue weighted by atomic mass is 32.2. The lowest BCUT2D eigenvalue weighted by Gasteiger charge is -2.18. The number of amides is 3. The molecule has 2 heterocycles. The first-order valence-corrected chi connectivity index (χ1v) is 12.0. The number of rotatable bonds is 6. The van der Waals surface area contributed by atoms with Gasteiger partial charge in [-0.15, -0.1) is 10.2 Å². The standard InChI is InChI=1S/C24H28N6O2S/c1-16-6-9-19(10-7-16)30-23(29-12-4-5-13-29)27-28-24(30)33-15-21(31)26-22(32)25-20-11-8-17(2)14-18(20)3/h6-11,14H,4-5,12-13,15H2,1-3H3,(H2,25,26,31,32). The van der Waals surface area contributed by atoms with Crippen molar-refractivity contribution < 1.29 is 9.59 Å². The Morgan fingerprint density at radius 1 is 0.970 bits per heavy atom. The van der Waals surface area contributed by atoms with Gasteiger partial charge in [0.1, 0.15) is 0 Å². The van der Waals surface area contributed by atoms with Gasteiger partial charge in [0.15, 0.2) is 5.16 Å². The molecule has 4 rings (SSSR count). The number of urea groups is 1. The fourth-order valence-electron chi connectivity index (χ4n) is 3.80. The summed E-state index contributed by atoms with van der Waals surface area (Å²) in [7, 11) is 0. The second-order valence-corrected chi connectivity index (χ2v) is 9.20. The number of benzene rings is 2. The number of thioether (sulfide) groups is 1. The third-order valence-electron chi connectivity index (χ3n) is 5.51. The molecule has 0 unspecified atom stereocenters. The number of imide groups is 1. The molecule has 0 radical (unpaired) electrons. The number of hydrogen-bond donors (Lipinski definition) is 2. The lowest BCUT2D eigenvalue weighted by molar-refractivity contribution is -0.117. The van der Waals surface area contributed by atoms with Crippen molar-refractivity contribution in [2.24, 2.45) is 0 Å². The Bertz CT molecular complexity index is 1150. The van der Waals surface area contributed by atoms with Crippen molar-refractivity contribution in [2.45, 2.75) is 38.8 Å². The van der Waals surface area contributed by atoms with Crippen LogP contribution in [0.15, 0.2) is 47.6 Å². The molecule has 1 aliphatic heterocycles. The van der Waals surface area contributed by atoms with Gasteiger partial charge in [-0.1, -0.05) is 47.2 Å². The number of anilines is 2. The molecule has 0 bridgehead atoms. The summed E-state index contributed by atoms with van der Waals surface area (Å²) in [4.78, 5) is 26.9. The number of carbonyl (C=O) groups is 2. The molecule has 2 aromatic carbocycles. The van der Waals surface area contributed by atoms with E-state index < -0.39 is 11.9 Å². The summed E-state index contributed by atoms with van der Waals surface area (Å²) in [6.07, 6.45) is 2.25. The molecule has 1 fully saturated rings. The second kappa shape index (κ2) is 10.1. The lowest BCUT2D eigenvalue weighted by atomic mass is 10.1. The molecule has 8 nitrogen and oxygen atoms in total. The minimum Gasteiger partial charge on any atom is -0.341 e. The Balaban J connectivity index is 1.43. The van der Waals surface area contributed by atoms with Crippen molar-refractivity contribution >= 4 is 35.3 Å². The minimum absolute atomic E-state index is 0.0459. The summed E-state index contributed by atoms with van der Waals surface area (Å²) in [6, 6.07) is 13.3. The Morgan fingerprint density at radius 2 is 1.67 bits per heavy atom. The molecular formula is C24H28N6O2S. The summed E-state index contributed by atoms with van der Waals surface area (Å²) >= 11 is 1.26. The minimum atomic E-state index is -0.551. The molecule has 1 saturated heterocycles. The van der Waals surface area contributed by atoms with Crippen LogP contribution in [-0.2, 0) is 4.79 Å². The fourth-order valence-corrected chi connectivity index (χ4v) is 4.54. The normalized spacial score (nSPS) is 13.2. The lowest BCUT2D eigenvalue weighted by Crippen LogP contribution is -2.35. The largest absolute Gasteiger partial charge is 0.341 e. The summed E-state index contributed by atoms with van der Waals surface area (Å²) in [5.41, 5.74) is 4.83. The SMILES string of the molecule is Cc1ccc(-n2c(SCC(=O)NC(=O)Nc3ccc(C)cc3C)nnc2N2CCCC2)cc1. The topological polar surface area (TPSA) is 92.2 Å². The number of aryl methyl sites for hydroxylation is 3. The van der Waals surface area contributed by atoms with E-state index in [9.17, 15) is 9.59 Å². The van der Waals surface area contributed by atoms with Crippen LogP contribution in [0, 0.1) is 20.8 Å². The Hall–Kier alpha value is -3.33. The van der Waals surface area contributed by atoms with Gasteiger partial charge < -0.3 is 10.2 Å². The van der Waals surface area contributed by atoms with Crippen LogP contribution in [0.3, 0.4) is 0 Å². The summed E-state index contributed by atoms with van der Waals surface area (Å²) < 4.78 is 1.98. The highest BCUT2D eigenvalue weighted by Crippen LogP contribution is 2.28. The molecule has 1 aliphatic rings. The summed E-state index contributed by atoms with van der Waals surface area (Å²) in [5, 5.41) is 14.5. The molecule has 2 N–H and O–H groups in total. The Labute approximate surface area is 197 Å². The number of nitrogens with zero attached hydrogens (tertiary/aromatic N) is 4. The van der Waals surface area contributed by atoms with Crippen LogP contribution in [0.25, 0.3) is 5.69 Å². The van der Waals surface area contributed by atoms with E-state index in [2.05, 4.69) is 25.7 Å². The van der Waals surface area contributed by atoms with Crippen LogP contribution < -0.4 is 15.5 Å². The van der Waals surface area contributed by atoms with E-state index >= 15 is 0 Å². The van der Waals surface area contributed by atoms with E-state index in [1.165, 1.54) is 11.8 Å². The van der Waals surface area contributed by atoms with Gasteiger partial charge in [0.05, 0.1) is 11.4 Å². The molecule has 0 atom stereocenters. The maximum Gasteiger partial charge on any atom is 0.325 e. The Morgan fingerprint density at radius 3 is 2.36 bits per heavy atom. The third kappa shape index (κ3) is 5.54. The third-order valence-corrected chi connectivity index (χ3v) is 6.44. The zero-order valence-corrected chi connectivity index (χ0v) is 19.9. The maximum absolute atomic E-state index is 12.5. The number of carbonyl (C=O) groups excluding carboxylic acids is 2. The van der Waals surface area contributed by atoms with Gasteiger partial charge in [-0.2, -0.15) is 0 Å². The maximum atomic E-state index is 12.5. The van der Waals surface area contributed by atoms with Crippen molar-refractivity contribution in [3.05, 3.63) is 59.2 Å². The van der Waals surface area contributed by atoms with Gasteiger partial charge in [-0.05, 0) is 57.4 Å². The predicted molar refractivity (Wildman–Crippen MR) is 131 cm³/mol. The van der Waals surface area contributed by atoms with Crippen LogP contribution in [0.4, 0.5) is 16.4 Å². The van der Waals surface area contributed by atoms with Gasteiger partial charge in [-0.3, -0.25) is 14.7 Å². The molecular weight excluding hydrogens is 436 g/mol. The van der Waals surface area contributed by atoms with Gasteiger partial charge in [0, 0.05) is 18.8 Å². The van der Waals surface area contributed by atoms with Gasteiger partial charge in [0.2, 0.25) is 11.9 Å². The number of nitrogens with one attached hydrogen (secondary N) is 2. The second-order valence-electron chi connectivity index (χ2n) is 8.26. The quantitative estimate of drug-likeness (QED) is 0.531. The van der Waals surface area contributed by atoms with Gasteiger partial charge >= 0.3 is 6.03 Å². The summed E-state index contributed by atoms with van der Waals surface area (Å²) in [6.45, 7) is 7.82. The molecule has 1 aromatic heterocycles. The molecule has 0 aliphatic carbocycles. The van der Waals surface area contributed by atoms with E-state index in [0.29, 0.717) is 10.8 Å². The molecule has 0 spiro atoms. The molecule has 3 amide bonds. The van der Waals surface area contributed by atoms with E-state index in [-0.39, 0.29) is 5.75 Å². The van der Waals surface area contributed by atoms with Crippen molar-refractivity contribution in [1.29, 1.82) is 0 Å². The van der Waals surface area contributed by atoms with Crippen molar-refractivity contribution in [2.75, 3.05) is 29.1 Å². The van der Waals surface area contributed by atoms with E-state index in [1.807, 2.05) is 67.8 Å². The van der Waals surface area contributed by atoms with Crippen molar-refractivity contribution in [3.8, 4) is 5.69 Å². The number of hydrogen-bond acceptors (Lipinski definition) is 6. The average Bonchev–Trinajstić information content (AvgIpc) is 3.44. The molecule has 3 aromatic rings. The summed E-state index contributed by atoms with van der Waals surface area (Å²) in [5.74, 6) is 0.430.